The highest BCUT2D eigenvalue weighted by atomic mass is 32.2. The number of aryl methyl sites for hydroxylation is 2. The molecule has 66 heavy (non-hydrogen) atoms. The summed E-state index contributed by atoms with van der Waals surface area (Å²) in [5.41, 5.74) is 3.74. The molecule has 0 saturated heterocycles. The zero-order valence-corrected chi connectivity index (χ0v) is 36.4. The summed E-state index contributed by atoms with van der Waals surface area (Å²) in [6.07, 6.45) is 3.95. The van der Waals surface area contributed by atoms with Gasteiger partial charge in [0.25, 0.3) is 11.8 Å². The van der Waals surface area contributed by atoms with Gasteiger partial charge in [0.1, 0.15) is 42.6 Å². The average Bonchev–Trinajstić information content (AvgIpc) is 4.21. The molecule has 0 saturated carbocycles. The van der Waals surface area contributed by atoms with Crippen molar-refractivity contribution in [1.82, 2.24) is 40.5 Å². The number of oxazole rings is 6. The first-order chi connectivity index (χ1) is 32.2. The Labute approximate surface area is 379 Å². The van der Waals surface area contributed by atoms with Crippen LogP contribution in [0.1, 0.15) is 73.1 Å². The standard InChI is InChI=1S/C47H38N8O10S/c1-25-35-43-50-31(21-62-43)39(57)53-37(46(58-3)59-4)44-52-33(23-63-44)41-51-32(22-61-41)40-49-30(20-60-40)38(56)48-34(42-54-36(26(2)64-42)45(55-35)65-25)24-66-47(27-14-8-5-9-15-27,28-16-10-6-11-17-28)29-18-12-7-13-19-29/h5-23,34,37,46H,24H2,1-4H3,(H,48,56)(H,53,57). The summed E-state index contributed by atoms with van der Waals surface area (Å²) in [6, 6.07) is 28.6. The molecule has 332 valence electrons. The van der Waals surface area contributed by atoms with Gasteiger partial charge in [-0.2, -0.15) is 0 Å². The lowest BCUT2D eigenvalue weighted by atomic mass is 9.84. The second kappa shape index (κ2) is 17.6. The van der Waals surface area contributed by atoms with Crippen LogP contribution in [0.2, 0.25) is 0 Å². The zero-order valence-electron chi connectivity index (χ0n) is 35.6. The molecule has 9 aromatic rings. The van der Waals surface area contributed by atoms with Gasteiger partial charge in [0.05, 0.1) is 4.75 Å². The molecule has 1 aliphatic rings. The highest BCUT2D eigenvalue weighted by Gasteiger charge is 2.39. The number of fused-ring (bicyclic) bond motifs is 16. The Morgan fingerprint density at radius 2 is 1.05 bits per heavy atom. The zero-order chi connectivity index (χ0) is 45.4. The number of hydrogen-bond donors (Lipinski definition) is 2. The van der Waals surface area contributed by atoms with Gasteiger partial charge in [-0.1, -0.05) is 91.0 Å². The molecule has 2 amide bonds. The first kappa shape index (κ1) is 42.1. The predicted octanol–water partition coefficient (Wildman–Crippen LogP) is 8.50. The third kappa shape index (κ3) is 7.77. The van der Waals surface area contributed by atoms with Gasteiger partial charge in [-0.15, -0.1) is 11.8 Å². The molecule has 19 heteroatoms. The van der Waals surface area contributed by atoms with Crippen molar-refractivity contribution in [2.45, 2.75) is 37.0 Å². The van der Waals surface area contributed by atoms with E-state index in [2.05, 4.69) is 72.0 Å². The molecule has 0 aliphatic carbocycles. The van der Waals surface area contributed by atoms with Crippen molar-refractivity contribution in [1.29, 1.82) is 0 Å². The van der Waals surface area contributed by atoms with Gasteiger partial charge in [-0.25, -0.2) is 29.9 Å². The van der Waals surface area contributed by atoms with Crippen LogP contribution in [0.5, 0.6) is 0 Å². The van der Waals surface area contributed by atoms with Crippen molar-refractivity contribution in [2.24, 2.45) is 0 Å². The first-order valence-electron chi connectivity index (χ1n) is 20.5. The quantitative estimate of drug-likeness (QED) is 0.102. The summed E-state index contributed by atoms with van der Waals surface area (Å²) in [5, 5.41) is 5.90. The summed E-state index contributed by atoms with van der Waals surface area (Å²) in [6.45, 7) is 3.39. The van der Waals surface area contributed by atoms with Gasteiger partial charge in [-0.3, -0.25) is 9.59 Å². The minimum atomic E-state index is -1.08. The monoisotopic (exact) mass is 906 g/mol. The summed E-state index contributed by atoms with van der Waals surface area (Å²) in [7, 11) is 2.79. The number of nitrogens with one attached hydrogen (secondary N) is 2. The van der Waals surface area contributed by atoms with E-state index in [0.29, 0.717) is 11.5 Å². The van der Waals surface area contributed by atoms with Crippen molar-refractivity contribution in [2.75, 3.05) is 20.0 Å². The number of nitrogens with zero attached hydrogens (tertiary/aromatic N) is 6. The Kier molecular flexibility index (Phi) is 11.2. The lowest BCUT2D eigenvalue weighted by Gasteiger charge is -2.36. The highest BCUT2D eigenvalue weighted by molar-refractivity contribution is 8.00. The number of carbonyl (C=O) groups is 2. The van der Waals surface area contributed by atoms with Gasteiger partial charge in [0.15, 0.2) is 46.5 Å². The van der Waals surface area contributed by atoms with E-state index in [-0.39, 0.29) is 75.3 Å². The van der Waals surface area contributed by atoms with Crippen LogP contribution in [0, 0.1) is 13.8 Å². The molecule has 1 aliphatic heterocycles. The molecule has 18 nitrogen and oxygen atoms in total. The molecule has 0 spiro atoms. The number of thioether (sulfide) groups is 1. The third-order valence-corrected chi connectivity index (χ3v) is 12.5. The number of amides is 2. The van der Waals surface area contributed by atoms with Crippen LogP contribution >= 0.6 is 11.8 Å². The Morgan fingerprint density at radius 1 is 0.561 bits per heavy atom. The lowest BCUT2D eigenvalue weighted by molar-refractivity contribution is -0.126. The highest BCUT2D eigenvalue weighted by Crippen LogP contribution is 2.49. The van der Waals surface area contributed by atoms with E-state index in [1.807, 2.05) is 54.6 Å². The minimum absolute atomic E-state index is 0.000610. The molecule has 7 heterocycles. The number of methoxy groups -OCH3 is 2. The van der Waals surface area contributed by atoms with Crippen molar-refractivity contribution >= 4 is 23.6 Å². The molecular weight excluding hydrogens is 869 g/mol. The molecule has 10 rings (SSSR count). The van der Waals surface area contributed by atoms with E-state index in [1.165, 1.54) is 39.3 Å². The van der Waals surface area contributed by atoms with Crippen molar-refractivity contribution in [3.05, 3.63) is 167 Å². The molecule has 2 unspecified atom stereocenters. The van der Waals surface area contributed by atoms with Crippen LogP contribution in [-0.4, -0.2) is 68.0 Å². The van der Waals surface area contributed by atoms with Crippen LogP contribution in [-0.2, 0) is 14.2 Å². The summed E-state index contributed by atoms with van der Waals surface area (Å²) in [5.74, 6) is -0.0216. The SMILES string of the molecule is COC(OC)C1NC(=O)c2coc(n2)-c2nc(oc2C)-c2nc(oc2C)C(CSC(c2ccccc2)(c2ccccc2)c2ccccc2)NC(=O)c2coc(n2)-c2coc(n2)-c2coc1n2. The van der Waals surface area contributed by atoms with Crippen LogP contribution < -0.4 is 10.6 Å². The third-order valence-electron chi connectivity index (χ3n) is 10.9. The van der Waals surface area contributed by atoms with Gasteiger partial charge in [-0.05, 0) is 30.5 Å². The maximum absolute atomic E-state index is 14.3. The van der Waals surface area contributed by atoms with Crippen molar-refractivity contribution < 1.29 is 45.6 Å². The molecule has 0 radical (unpaired) electrons. The molecule has 2 N–H and O–H groups in total. The van der Waals surface area contributed by atoms with Crippen LogP contribution in [0.3, 0.4) is 0 Å². The topological polar surface area (TPSA) is 233 Å². The Bertz CT molecular complexity index is 3040. The van der Waals surface area contributed by atoms with Gasteiger partial charge in [0, 0.05) is 20.0 Å². The fourth-order valence-electron chi connectivity index (χ4n) is 7.67. The number of ether oxygens (including phenoxy) is 2. The van der Waals surface area contributed by atoms with E-state index >= 15 is 0 Å². The van der Waals surface area contributed by atoms with Crippen molar-refractivity contribution in [3.63, 3.8) is 0 Å². The normalized spacial score (nSPS) is 15.3. The van der Waals surface area contributed by atoms with E-state index in [4.69, 9.17) is 41.0 Å². The molecule has 2 atom stereocenters. The second-order valence-corrected chi connectivity index (χ2v) is 16.2. The Hall–Kier alpha value is -7.87. The fourth-order valence-corrected chi connectivity index (χ4v) is 9.23. The average molecular weight is 907 g/mol. The van der Waals surface area contributed by atoms with Gasteiger partial charge in [0.2, 0.25) is 35.3 Å². The predicted molar refractivity (Wildman–Crippen MR) is 234 cm³/mol. The van der Waals surface area contributed by atoms with E-state index in [9.17, 15) is 9.59 Å². The van der Waals surface area contributed by atoms with Crippen LogP contribution in [0.25, 0.3) is 46.3 Å². The molecule has 6 aromatic heterocycles. The largest absolute Gasteiger partial charge is 0.446 e. The molecule has 0 fully saturated rings. The maximum atomic E-state index is 14.3. The van der Waals surface area contributed by atoms with Crippen LogP contribution in [0.4, 0.5) is 0 Å². The lowest BCUT2D eigenvalue weighted by Crippen LogP contribution is -2.38. The summed E-state index contributed by atoms with van der Waals surface area (Å²) < 4.78 is 45.8. The Morgan fingerprint density at radius 3 is 1.65 bits per heavy atom. The summed E-state index contributed by atoms with van der Waals surface area (Å²) in [4.78, 5) is 55.5. The van der Waals surface area contributed by atoms with E-state index in [0.717, 1.165) is 16.7 Å². The van der Waals surface area contributed by atoms with E-state index in [1.54, 1.807) is 25.6 Å². The number of aromatic nitrogens is 6. The van der Waals surface area contributed by atoms with Crippen molar-refractivity contribution in [3.8, 4) is 46.3 Å². The molecule has 3 aromatic carbocycles. The fraction of sp³-hybridized carbons (Fsp3) is 0.191. The van der Waals surface area contributed by atoms with Crippen LogP contribution in [0.15, 0.2) is 143 Å². The number of benzene rings is 3. The Balaban J connectivity index is 1.07. The van der Waals surface area contributed by atoms with E-state index < -0.39 is 34.9 Å². The first-order valence-corrected chi connectivity index (χ1v) is 21.5. The number of carbonyl (C=O) groups excluding carboxylic acids is 2. The number of rotatable bonds is 9. The molecular formula is C47H38N8O10S. The summed E-state index contributed by atoms with van der Waals surface area (Å²) >= 11 is 1.60. The molecule has 12 bridgehead atoms. The smallest absolute Gasteiger partial charge is 0.274 e. The maximum Gasteiger partial charge on any atom is 0.274 e. The minimum Gasteiger partial charge on any atom is -0.446 e. The van der Waals surface area contributed by atoms with Gasteiger partial charge < -0.3 is 46.6 Å². The number of hydrogen-bond acceptors (Lipinski definition) is 17. The van der Waals surface area contributed by atoms with Gasteiger partial charge >= 0.3 is 0 Å². The second-order valence-electron chi connectivity index (χ2n) is 15.0.